The van der Waals surface area contributed by atoms with E-state index in [9.17, 15) is 9.59 Å². The van der Waals surface area contributed by atoms with Crippen molar-refractivity contribution in [2.75, 3.05) is 33.4 Å². The van der Waals surface area contributed by atoms with Gasteiger partial charge < -0.3 is 24.7 Å². The van der Waals surface area contributed by atoms with Gasteiger partial charge in [0.05, 0.1) is 19.4 Å². The zero-order chi connectivity index (χ0) is 17.9. The summed E-state index contributed by atoms with van der Waals surface area (Å²) in [5.74, 6) is 0.947. The highest BCUT2D eigenvalue weighted by Crippen LogP contribution is 2.40. The number of likely N-dealkylation sites (tertiary alicyclic amines) is 2. The molecular weight excluding hydrogens is 358 g/mol. The first-order chi connectivity index (χ1) is 12.0. The third-order valence-electron chi connectivity index (χ3n) is 5.47. The number of rotatable bonds is 5. The van der Waals surface area contributed by atoms with E-state index in [4.69, 9.17) is 14.9 Å². The number of amides is 2. The van der Waals surface area contributed by atoms with Crippen molar-refractivity contribution < 1.29 is 18.7 Å². The fourth-order valence-corrected chi connectivity index (χ4v) is 3.93. The van der Waals surface area contributed by atoms with Crippen LogP contribution in [0, 0.1) is 5.41 Å². The van der Waals surface area contributed by atoms with E-state index in [1.54, 1.807) is 13.4 Å². The lowest BCUT2D eigenvalue weighted by Gasteiger charge is -2.47. The van der Waals surface area contributed by atoms with E-state index in [1.165, 1.54) is 0 Å². The van der Waals surface area contributed by atoms with Gasteiger partial charge in [0.1, 0.15) is 11.8 Å². The second kappa shape index (κ2) is 8.88. The Morgan fingerprint density at radius 3 is 2.73 bits per heavy atom. The van der Waals surface area contributed by atoms with Crippen molar-refractivity contribution in [2.45, 2.75) is 38.3 Å². The predicted molar refractivity (Wildman–Crippen MR) is 98.7 cm³/mol. The molecular formula is C18H28ClN3O4. The van der Waals surface area contributed by atoms with Crippen LogP contribution >= 0.6 is 12.4 Å². The Bertz CT molecular complexity index is 600. The van der Waals surface area contributed by atoms with Gasteiger partial charge in [-0.25, -0.2) is 0 Å². The monoisotopic (exact) mass is 385 g/mol. The van der Waals surface area contributed by atoms with E-state index in [-0.39, 0.29) is 36.2 Å². The number of ether oxygens (including phenoxy) is 1. The molecule has 1 atom stereocenters. The van der Waals surface area contributed by atoms with Crippen LogP contribution < -0.4 is 5.73 Å². The normalized spacial score (nSPS) is 20.8. The molecule has 1 aromatic heterocycles. The predicted octanol–water partition coefficient (Wildman–Crippen LogP) is 1.41. The van der Waals surface area contributed by atoms with Crippen LogP contribution in [0.4, 0.5) is 0 Å². The van der Waals surface area contributed by atoms with Crippen molar-refractivity contribution >= 4 is 24.2 Å². The topological polar surface area (TPSA) is 89.0 Å². The van der Waals surface area contributed by atoms with Crippen molar-refractivity contribution in [3.63, 3.8) is 0 Å². The fraction of sp³-hybridized carbons (Fsp3) is 0.667. The summed E-state index contributed by atoms with van der Waals surface area (Å²) in [4.78, 5) is 28.3. The lowest BCUT2D eigenvalue weighted by atomic mass is 9.72. The maximum Gasteiger partial charge on any atom is 0.241 e. The van der Waals surface area contributed by atoms with Gasteiger partial charge in [0, 0.05) is 33.2 Å². The van der Waals surface area contributed by atoms with Crippen LogP contribution in [0.2, 0.25) is 0 Å². The van der Waals surface area contributed by atoms with Gasteiger partial charge >= 0.3 is 0 Å². The summed E-state index contributed by atoms with van der Waals surface area (Å²) in [6.45, 7) is 2.89. The first kappa shape index (κ1) is 20.7. The quantitative estimate of drug-likeness (QED) is 0.827. The Morgan fingerprint density at radius 1 is 1.38 bits per heavy atom. The van der Waals surface area contributed by atoms with Gasteiger partial charge in [0.25, 0.3) is 0 Å². The molecule has 0 radical (unpaired) electrons. The Hall–Kier alpha value is -1.57. The maximum atomic E-state index is 12.3. The molecule has 0 aliphatic carbocycles. The van der Waals surface area contributed by atoms with Gasteiger partial charge in [-0.15, -0.1) is 12.4 Å². The summed E-state index contributed by atoms with van der Waals surface area (Å²) < 4.78 is 10.4. The van der Waals surface area contributed by atoms with E-state index in [1.807, 2.05) is 21.9 Å². The van der Waals surface area contributed by atoms with Gasteiger partial charge in [-0.2, -0.15) is 0 Å². The van der Waals surface area contributed by atoms with Gasteiger partial charge in [-0.1, -0.05) is 0 Å². The van der Waals surface area contributed by atoms with Crippen LogP contribution in [-0.2, 0) is 20.9 Å². The van der Waals surface area contributed by atoms with Crippen LogP contribution in [0.5, 0.6) is 0 Å². The van der Waals surface area contributed by atoms with Crippen molar-refractivity contribution in [2.24, 2.45) is 11.1 Å². The minimum Gasteiger partial charge on any atom is -0.467 e. The Morgan fingerprint density at radius 2 is 2.12 bits per heavy atom. The van der Waals surface area contributed by atoms with Gasteiger partial charge in [0.15, 0.2) is 0 Å². The Balaban J connectivity index is 0.00000243. The SMILES string of the molecule is COC[C@@H](N)C(=O)N1CCC2(CCC(=O)N(Cc3ccco3)C2)CC1.Cl. The molecule has 2 aliphatic rings. The fourth-order valence-electron chi connectivity index (χ4n) is 3.93. The molecule has 0 aromatic carbocycles. The van der Waals surface area contributed by atoms with Crippen molar-refractivity contribution in [1.82, 2.24) is 9.80 Å². The van der Waals surface area contributed by atoms with E-state index < -0.39 is 6.04 Å². The van der Waals surface area contributed by atoms with Gasteiger partial charge in [-0.3, -0.25) is 9.59 Å². The van der Waals surface area contributed by atoms with Gasteiger partial charge in [-0.05, 0) is 36.8 Å². The Kier molecular flexibility index (Phi) is 7.08. The van der Waals surface area contributed by atoms with E-state index in [2.05, 4.69) is 0 Å². The molecule has 2 amide bonds. The Labute approximate surface area is 160 Å². The third-order valence-corrected chi connectivity index (χ3v) is 5.47. The number of nitrogens with zero attached hydrogens (tertiary/aromatic N) is 2. The molecule has 0 bridgehead atoms. The van der Waals surface area contributed by atoms with Crippen LogP contribution in [0.1, 0.15) is 31.4 Å². The zero-order valence-corrected chi connectivity index (χ0v) is 16.0. The molecule has 2 N–H and O–H groups in total. The molecule has 1 aromatic rings. The van der Waals surface area contributed by atoms with Crippen LogP contribution in [-0.4, -0.2) is 61.0 Å². The summed E-state index contributed by atoms with van der Waals surface area (Å²) in [6.07, 6.45) is 4.90. The first-order valence-electron chi connectivity index (χ1n) is 8.86. The standard InChI is InChI=1S/C18H27N3O4.ClH/c1-24-12-15(19)17(23)20-8-6-18(7-9-20)5-4-16(22)21(13-18)11-14-3-2-10-25-14;/h2-3,10,15H,4-9,11-13,19H2,1H3;1H/t15-;/m1./s1. The van der Waals surface area contributed by atoms with Crippen molar-refractivity contribution in [1.29, 1.82) is 0 Å². The molecule has 2 aliphatic heterocycles. The zero-order valence-electron chi connectivity index (χ0n) is 15.2. The number of methoxy groups -OCH3 is 1. The number of carbonyl (C=O) groups excluding carboxylic acids is 2. The molecule has 8 heteroatoms. The molecule has 0 saturated carbocycles. The summed E-state index contributed by atoms with van der Waals surface area (Å²) in [6, 6.07) is 3.14. The number of halogens is 1. The van der Waals surface area contributed by atoms with Crippen molar-refractivity contribution in [3.05, 3.63) is 24.2 Å². The highest BCUT2D eigenvalue weighted by molar-refractivity contribution is 5.85. The third kappa shape index (κ3) is 4.58. The molecule has 1 spiro atoms. The largest absolute Gasteiger partial charge is 0.467 e. The first-order valence-corrected chi connectivity index (χ1v) is 8.86. The molecule has 0 unspecified atom stereocenters. The molecule has 3 heterocycles. The molecule has 3 rings (SSSR count). The lowest BCUT2D eigenvalue weighted by molar-refractivity contribution is -0.144. The number of hydrogen-bond donors (Lipinski definition) is 1. The van der Waals surface area contributed by atoms with Crippen LogP contribution in [0.3, 0.4) is 0 Å². The molecule has 146 valence electrons. The van der Waals surface area contributed by atoms with E-state index >= 15 is 0 Å². The molecule has 2 fully saturated rings. The van der Waals surface area contributed by atoms with E-state index in [0.29, 0.717) is 26.1 Å². The van der Waals surface area contributed by atoms with E-state index in [0.717, 1.165) is 31.6 Å². The average molecular weight is 386 g/mol. The number of piperidine rings is 2. The lowest BCUT2D eigenvalue weighted by Crippen LogP contribution is -2.54. The number of hydrogen-bond acceptors (Lipinski definition) is 5. The van der Waals surface area contributed by atoms with Crippen LogP contribution in [0.15, 0.2) is 22.8 Å². The average Bonchev–Trinajstić information content (AvgIpc) is 3.12. The summed E-state index contributed by atoms with van der Waals surface area (Å²) in [5.41, 5.74) is 5.96. The van der Waals surface area contributed by atoms with Crippen molar-refractivity contribution in [3.8, 4) is 0 Å². The van der Waals surface area contributed by atoms with Crippen LogP contribution in [0.25, 0.3) is 0 Å². The second-order valence-electron chi connectivity index (χ2n) is 7.22. The second-order valence-corrected chi connectivity index (χ2v) is 7.22. The number of nitrogens with two attached hydrogens (primary N) is 1. The minimum absolute atomic E-state index is 0. The van der Waals surface area contributed by atoms with Gasteiger partial charge in [0.2, 0.25) is 11.8 Å². The smallest absolute Gasteiger partial charge is 0.241 e. The maximum absolute atomic E-state index is 12.3. The molecule has 26 heavy (non-hydrogen) atoms. The highest BCUT2D eigenvalue weighted by atomic mass is 35.5. The molecule has 2 saturated heterocycles. The highest BCUT2D eigenvalue weighted by Gasteiger charge is 2.42. The number of carbonyl (C=O) groups is 2. The minimum atomic E-state index is -0.595. The summed E-state index contributed by atoms with van der Waals surface area (Å²) >= 11 is 0. The molecule has 7 nitrogen and oxygen atoms in total. The summed E-state index contributed by atoms with van der Waals surface area (Å²) in [7, 11) is 1.55. The number of furan rings is 1. The summed E-state index contributed by atoms with van der Waals surface area (Å²) in [5, 5.41) is 0.